The molecule has 11 heteroatoms. The number of esters is 1. The average molecular weight is 477 g/mol. The zero-order chi connectivity index (χ0) is 22.7. The van der Waals surface area contributed by atoms with E-state index in [0.29, 0.717) is 30.2 Å². The molecule has 2 heterocycles. The van der Waals surface area contributed by atoms with Crippen LogP contribution in [0.3, 0.4) is 0 Å². The van der Waals surface area contributed by atoms with Crippen LogP contribution in [0.15, 0.2) is 52.4 Å². The number of carbonyl (C=O) groups is 2. The van der Waals surface area contributed by atoms with Gasteiger partial charge < -0.3 is 18.8 Å². The van der Waals surface area contributed by atoms with Crippen molar-refractivity contribution in [3.63, 3.8) is 0 Å². The van der Waals surface area contributed by atoms with E-state index in [2.05, 4.69) is 4.99 Å². The molecule has 0 spiro atoms. The smallest absolute Gasteiger partial charge is 0.325 e. The van der Waals surface area contributed by atoms with E-state index in [9.17, 15) is 18.0 Å². The molecule has 2 aromatic carbocycles. The predicted octanol–water partition coefficient (Wildman–Crippen LogP) is 1.94. The van der Waals surface area contributed by atoms with Crippen molar-refractivity contribution in [3.8, 4) is 11.5 Å². The quantitative estimate of drug-likeness (QED) is 0.500. The lowest BCUT2D eigenvalue weighted by Crippen LogP contribution is -2.23. The van der Waals surface area contributed by atoms with Gasteiger partial charge in [-0.2, -0.15) is 4.99 Å². The summed E-state index contributed by atoms with van der Waals surface area (Å²) in [5, 5.41) is 0. The molecule has 4 rings (SSSR count). The highest BCUT2D eigenvalue weighted by Gasteiger charge is 2.19. The first-order valence-electron chi connectivity index (χ1n) is 9.72. The SMILES string of the molecule is COC(=O)Cn1c(=NC(=O)CCS(=O)(=O)c2ccccc2)sc2cc3c(cc21)OCCO3. The molecule has 3 aromatic rings. The largest absolute Gasteiger partial charge is 0.486 e. The van der Waals surface area contributed by atoms with E-state index in [1.807, 2.05) is 0 Å². The van der Waals surface area contributed by atoms with Gasteiger partial charge in [0.05, 0.1) is 28.0 Å². The minimum absolute atomic E-state index is 0.154. The number of fused-ring (bicyclic) bond motifs is 2. The summed E-state index contributed by atoms with van der Waals surface area (Å²) in [5.41, 5.74) is 0.633. The van der Waals surface area contributed by atoms with Gasteiger partial charge in [-0.05, 0) is 12.1 Å². The molecule has 1 amide bonds. The van der Waals surface area contributed by atoms with Gasteiger partial charge in [0.1, 0.15) is 19.8 Å². The van der Waals surface area contributed by atoms with E-state index in [4.69, 9.17) is 14.2 Å². The number of hydrogen-bond donors (Lipinski definition) is 0. The summed E-state index contributed by atoms with van der Waals surface area (Å²) in [7, 11) is -2.34. The highest BCUT2D eigenvalue weighted by Crippen LogP contribution is 2.35. The molecule has 1 aliphatic heterocycles. The van der Waals surface area contributed by atoms with Crippen LogP contribution in [0.1, 0.15) is 6.42 Å². The second-order valence-electron chi connectivity index (χ2n) is 6.90. The number of methoxy groups -OCH3 is 1. The molecule has 0 aliphatic carbocycles. The lowest BCUT2D eigenvalue weighted by atomic mass is 10.2. The maximum absolute atomic E-state index is 12.5. The predicted molar refractivity (Wildman–Crippen MR) is 117 cm³/mol. The summed E-state index contributed by atoms with van der Waals surface area (Å²) in [6.45, 7) is 0.674. The van der Waals surface area contributed by atoms with Crippen LogP contribution >= 0.6 is 11.3 Å². The van der Waals surface area contributed by atoms with Gasteiger partial charge in [-0.1, -0.05) is 29.5 Å². The Kier molecular flexibility index (Phi) is 6.28. The van der Waals surface area contributed by atoms with Gasteiger partial charge >= 0.3 is 5.97 Å². The average Bonchev–Trinajstić information content (AvgIpc) is 3.12. The van der Waals surface area contributed by atoms with E-state index in [-0.39, 0.29) is 28.4 Å². The second-order valence-corrected chi connectivity index (χ2v) is 10.0. The van der Waals surface area contributed by atoms with Crippen LogP contribution in [0.2, 0.25) is 0 Å². The van der Waals surface area contributed by atoms with Gasteiger partial charge in [0.2, 0.25) is 5.91 Å². The molecule has 32 heavy (non-hydrogen) atoms. The minimum atomic E-state index is -3.61. The van der Waals surface area contributed by atoms with Gasteiger partial charge in [-0.3, -0.25) is 9.59 Å². The molecular formula is C21H20N2O7S2. The third-order valence-electron chi connectivity index (χ3n) is 4.77. The molecule has 0 saturated carbocycles. The summed E-state index contributed by atoms with van der Waals surface area (Å²) >= 11 is 1.19. The zero-order valence-corrected chi connectivity index (χ0v) is 18.8. The molecule has 0 saturated heterocycles. The summed E-state index contributed by atoms with van der Waals surface area (Å²) in [6.07, 6.45) is -0.285. The van der Waals surface area contributed by atoms with Crippen molar-refractivity contribution in [1.82, 2.24) is 4.57 Å². The molecule has 0 bridgehead atoms. The fraction of sp³-hybridized carbons (Fsp3) is 0.286. The van der Waals surface area contributed by atoms with Gasteiger partial charge in [-0.15, -0.1) is 0 Å². The number of rotatable bonds is 6. The van der Waals surface area contributed by atoms with Crippen molar-refractivity contribution in [2.75, 3.05) is 26.1 Å². The van der Waals surface area contributed by atoms with Gasteiger partial charge in [0, 0.05) is 18.6 Å². The van der Waals surface area contributed by atoms with Crippen LogP contribution in [0.25, 0.3) is 10.2 Å². The maximum atomic E-state index is 12.5. The minimum Gasteiger partial charge on any atom is -0.486 e. The normalized spacial score (nSPS) is 13.8. The first kappa shape index (κ1) is 22.0. The van der Waals surface area contributed by atoms with E-state index >= 15 is 0 Å². The van der Waals surface area contributed by atoms with E-state index in [1.54, 1.807) is 34.9 Å². The summed E-state index contributed by atoms with van der Waals surface area (Å²) in [4.78, 5) is 29.0. The highest BCUT2D eigenvalue weighted by atomic mass is 32.2. The molecule has 0 unspecified atom stereocenters. The molecule has 168 valence electrons. The maximum Gasteiger partial charge on any atom is 0.325 e. The van der Waals surface area contributed by atoms with Crippen molar-refractivity contribution >= 4 is 43.3 Å². The number of thiazole rings is 1. The molecule has 0 N–H and O–H groups in total. The second kappa shape index (κ2) is 9.13. The topological polar surface area (TPSA) is 113 Å². The molecule has 1 aliphatic rings. The Hall–Kier alpha value is -3.18. The number of amides is 1. The fourth-order valence-corrected chi connectivity index (χ4v) is 5.48. The van der Waals surface area contributed by atoms with Crippen molar-refractivity contribution < 1.29 is 32.2 Å². The Balaban J connectivity index is 1.66. The van der Waals surface area contributed by atoms with Crippen LogP contribution in [-0.2, 0) is 30.7 Å². The standard InChI is InChI=1S/C21H20N2O7S2/c1-28-20(25)13-23-15-11-16-17(30-9-8-29-16)12-18(15)31-21(23)22-19(24)7-10-32(26,27)14-5-3-2-4-6-14/h2-6,11-12H,7-10,13H2,1H3. The summed E-state index contributed by atoms with van der Waals surface area (Å²) in [6, 6.07) is 11.4. The molecule has 0 atom stereocenters. The van der Waals surface area contributed by atoms with Gasteiger partial charge in [0.15, 0.2) is 26.1 Å². The third-order valence-corrected chi connectivity index (χ3v) is 7.54. The number of carbonyl (C=O) groups excluding carboxylic acids is 2. The summed E-state index contributed by atoms with van der Waals surface area (Å²) in [5.74, 6) is -0.377. The first-order valence-corrected chi connectivity index (χ1v) is 12.2. The van der Waals surface area contributed by atoms with Crippen molar-refractivity contribution in [2.45, 2.75) is 17.9 Å². The molecular weight excluding hydrogens is 456 g/mol. The molecule has 9 nitrogen and oxygen atoms in total. The Labute approximate surface area is 187 Å². The molecule has 0 fully saturated rings. The van der Waals surface area contributed by atoms with Gasteiger partial charge in [0.25, 0.3) is 0 Å². The van der Waals surface area contributed by atoms with Crippen LogP contribution in [0.4, 0.5) is 0 Å². The van der Waals surface area contributed by atoms with Crippen molar-refractivity contribution in [3.05, 3.63) is 47.3 Å². The van der Waals surface area contributed by atoms with E-state index in [1.165, 1.54) is 30.6 Å². The van der Waals surface area contributed by atoms with E-state index < -0.39 is 21.7 Å². The number of hydrogen-bond acceptors (Lipinski definition) is 8. The van der Waals surface area contributed by atoms with Crippen molar-refractivity contribution in [2.24, 2.45) is 4.99 Å². The van der Waals surface area contributed by atoms with Crippen LogP contribution in [0, 0.1) is 0 Å². The Bertz CT molecular complexity index is 1340. The van der Waals surface area contributed by atoms with Crippen LogP contribution in [-0.4, -0.2) is 50.9 Å². The molecule has 1 aromatic heterocycles. The first-order chi connectivity index (χ1) is 15.4. The zero-order valence-electron chi connectivity index (χ0n) is 17.1. The van der Waals surface area contributed by atoms with E-state index in [0.717, 1.165) is 4.70 Å². The van der Waals surface area contributed by atoms with Crippen LogP contribution < -0.4 is 14.3 Å². The number of sulfone groups is 1. The highest BCUT2D eigenvalue weighted by molar-refractivity contribution is 7.91. The van der Waals surface area contributed by atoms with Crippen molar-refractivity contribution in [1.29, 1.82) is 0 Å². The number of nitrogens with zero attached hydrogens (tertiary/aromatic N) is 2. The number of ether oxygens (including phenoxy) is 3. The molecule has 0 radical (unpaired) electrons. The Morgan fingerprint density at radius 2 is 1.81 bits per heavy atom. The lowest BCUT2D eigenvalue weighted by molar-refractivity contribution is -0.141. The summed E-state index contributed by atoms with van der Waals surface area (Å²) < 4.78 is 43.2. The van der Waals surface area contributed by atoms with Crippen LogP contribution in [0.5, 0.6) is 11.5 Å². The Morgan fingerprint density at radius 1 is 1.12 bits per heavy atom. The number of benzene rings is 2. The fourth-order valence-electron chi connectivity index (χ4n) is 3.17. The Morgan fingerprint density at radius 3 is 2.50 bits per heavy atom. The van der Waals surface area contributed by atoms with Gasteiger partial charge in [-0.25, -0.2) is 8.42 Å². The third kappa shape index (κ3) is 4.68. The lowest BCUT2D eigenvalue weighted by Gasteiger charge is -2.18. The number of aromatic nitrogens is 1. The monoisotopic (exact) mass is 476 g/mol.